The molecular formula is C15H16N4O2. The van der Waals surface area contributed by atoms with Crippen LogP contribution in [0.15, 0.2) is 42.7 Å². The van der Waals surface area contributed by atoms with Crippen LogP contribution in [-0.2, 0) is 6.42 Å². The number of anilines is 1. The molecule has 6 heteroatoms. The van der Waals surface area contributed by atoms with E-state index in [0.717, 1.165) is 5.56 Å². The Bertz CT molecular complexity index is 615. The van der Waals surface area contributed by atoms with Gasteiger partial charge in [-0.3, -0.25) is 4.90 Å². The van der Waals surface area contributed by atoms with Crippen molar-refractivity contribution in [1.82, 2.24) is 15.3 Å². The predicted molar refractivity (Wildman–Crippen MR) is 77.8 cm³/mol. The van der Waals surface area contributed by atoms with Gasteiger partial charge in [0.05, 0.1) is 18.1 Å². The molecular weight excluding hydrogens is 268 g/mol. The topological polar surface area (TPSA) is 78.4 Å². The molecule has 0 bridgehead atoms. The number of aliphatic hydroxyl groups excluding tert-OH is 1. The van der Waals surface area contributed by atoms with Crippen molar-refractivity contribution in [3.63, 3.8) is 0 Å². The Kier molecular flexibility index (Phi) is 3.79. The van der Waals surface area contributed by atoms with Gasteiger partial charge in [-0.25, -0.2) is 14.8 Å². The highest BCUT2D eigenvalue weighted by Crippen LogP contribution is 2.16. The Morgan fingerprint density at radius 2 is 1.95 bits per heavy atom. The molecule has 6 nitrogen and oxygen atoms in total. The van der Waals surface area contributed by atoms with Gasteiger partial charge in [0, 0.05) is 19.4 Å². The van der Waals surface area contributed by atoms with E-state index in [1.807, 2.05) is 30.3 Å². The number of aliphatic hydroxyl groups is 1. The van der Waals surface area contributed by atoms with Crippen LogP contribution in [0, 0.1) is 0 Å². The summed E-state index contributed by atoms with van der Waals surface area (Å²) in [6, 6.07) is 9.65. The second-order valence-corrected chi connectivity index (χ2v) is 4.93. The average Bonchev–Trinajstić information content (AvgIpc) is 2.49. The molecule has 108 valence electrons. The number of benzene rings is 1. The van der Waals surface area contributed by atoms with Crippen LogP contribution in [0.3, 0.4) is 0 Å². The second kappa shape index (κ2) is 5.88. The lowest BCUT2D eigenvalue weighted by Gasteiger charge is -2.29. The van der Waals surface area contributed by atoms with Gasteiger partial charge in [-0.2, -0.15) is 0 Å². The lowest BCUT2D eigenvalue weighted by Crippen LogP contribution is -2.51. The van der Waals surface area contributed by atoms with E-state index in [0.29, 0.717) is 30.9 Å². The summed E-state index contributed by atoms with van der Waals surface area (Å²) in [6.07, 6.45) is 3.65. The van der Waals surface area contributed by atoms with Gasteiger partial charge in [0.2, 0.25) is 0 Å². The quantitative estimate of drug-likeness (QED) is 0.890. The van der Waals surface area contributed by atoms with Gasteiger partial charge in [-0.1, -0.05) is 30.3 Å². The van der Waals surface area contributed by atoms with Gasteiger partial charge in [0.15, 0.2) is 0 Å². The highest BCUT2D eigenvalue weighted by molar-refractivity contribution is 5.92. The number of rotatable bonds is 3. The van der Waals surface area contributed by atoms with Crippen molar-refractivity contribution >= 4 is 11.7 Å². The van der Waals surface area contributed by atoms with Gasteiger partial charge in [-0.05, 0) is 5.56 Å². The van der Waals surface area contributed by atoms with Gasteiger partial charge >= 0.3 is 6.03 Å². The third-order valence-electron chi connectivity index (χ3n) is 3.37. The monoisotopic (exact) mass is 284 g/mol. The highest BCUT2D eigenvalue weighted by atomic mass is 16.3. The molecule has 1 aliphatic rings. The number of carbonyl (C=O) groups excluding carboxylic acids is 1. The third kappa shape index (κ3) is 3.17. The van der Waals surface area contributed by atoms with Gasteiger partial charge in [0.1, 0.15) is 12.1 Å². The number of nitrogens with zero attached hydrogens (tertiary/aromatic N) is 3. The first kappa shape index (κ1) is 13.5. The Morgan fingerprint density at radius 3 is 2.62 bits per heavy atom. The molecule has 1 unspecified atom stereocenters. The fourth-order valence-corrected chi connectivity index (χ4v) is 2.25. The molecule has 2 amide bonds. The molecule has 1 saturated heterocycles. The number of carbonyl (C=O) groups is 1. The number of aromatic nitrogens is 2. The SMILES string of the molecule is O=C1NC(O)CCN1c1cnc(Cc2ccccc2)nc1. The maximum Gasteiger partial charge on any atom is 0.323 e. The van der Waals surface area contributed by atoms with E-state index in [9.17, 15) is 9.90 Å². The van der Waals surface area contributed by atoms with Crippen LogP contribution in [-0.4, -0.2) is 33.9 Å². The molecule has 0 spiro atoms. The van der Waals surface area contributed by atoms with Crippen molar-refractivity contribution in [1.29, 1.82) is 0 Å². The van der Waals surface area contributed by atoms with Gasteiger partial charge < -0.3 is 10.4 Å². The van der Waals surface area contributed by atoms with Crippen LogP contribution >= 0.6 is 0 Å². The summed E-state index contributed by atoms with van der Waals surface area (Å²) in [5.74, 6) is 0.711. The van der Waals surface area contributed by atoms with E-state index in [1.165, 1.54) is 4.90 Å². The van der Waals surface area contributed by atoms with Crippen LogP contribution in [0.2, 0.25) is 0 Å². The normalized spacial score (nSPS) is 18.4. The number of amides is 2. The standard InChI is InChI=1S/C15H16N4O2/c20-14-6-7-19(15(21)18-14)12-9-16-13(17-10-12)8-11-4-2-1-3-5-11/h1-5,9-10,14,20H,6-8H2,(H,18,21). The van der Waals surface area contributed by atoms with E-state index in [4.69, 9.17) is 0 Å². The van der Waals surface area contributed by atoms with Crippen molar-refractivity contribution < 1.29 is 9.90 Å². The summed E-state index contributed by atoms with van der Waals surface area (Å²) < 4.78 is 0. The molecule has 1 atom stereocenters. The maximum absolute atomic E-state index is 11.8. The summed E-state index contributed by atoms with van der Waals surface area (Å²) in [4.78, 5) is 21.9. The van der Waals surface area contributed by atoms with E-state index in [2.05, 4.69) is 15.3 Å². The number of hydrogen-bond acceptors (Lipinski definition) is 4. The summed E-state index contributed by atoms with van der Waals surface area (Å²) in [7, 11) is 0. The molecule has 1 fully saturated rings. The molecule has 1 aromatic carbocycles. The molecule has 0 aliphatic carbocycles. The molecule has 0 radical (unpaired) electrons. The number of urea groups is 1. The Hall–Kier alpha value is -2.47. The highest BCUT2D eigenvalue weighted by Gasteiger charge is 2.24. The van der Waals surface area contributed by atoms with Crippen LogP contribution in [0.25, 0.3) is 0 Å². The summed E-state index contributed by atoms with van der Waals surface area (Å²) in [5.41, 5.74) is 1.78. The number of nitrogens with one attached hydrogen (secondary N) is 1. The molecule has 2 heterocycles. The van der Waals surface area contributed by atoms with Gasteiger partial charge in [-0.15, -0.1) is 0 Å². The molecule has 2 aromatic rings. The number of hydrogen-bond donors (Lipinski definition) is 2. The Labute approximate surface area is 122 Å². The smallest absolute Gasteiger partial charge is 0.323 e. The fraction of sp³-hybridized carbons (Fsp3) is 0.267. The average molecular weight is 284 g/mol. The van der Waals surface area contributed by atoms with E-state index >= 15 is 0 Å². The van der Waals surface area contributed by atoms with Crippen molar-refractivity contribution in [2.75, 3.05) is 11.4 Å². The van der Waals surface area contributed by atoms with E-state index < -0.39 is 6.23 Å². The predicted octanol–water partition coefficient (Wildman–Crippen LogP) is 1.31. The lowest BCUT2D eigenvalue weighted by molar-refractivity contribution is 0.125. The van der Waals surface area contributed by atoms with Crippen molar-refractivity contribution in [2.24, 2.45) is 0 Å². The molecule has 1 aliphatic heterocycles. The van der Waals surface area contributed by atoms with E-state index in [-0.39, 0.29) is 6.03 Å². The van der Waals surface area contributed by atoms with Crippen LogP contribution in [0.4, 0.5) is 10.5 Å². The summed E-state index contributed by atoms with van der Waals surface area (Å²) in [6.45, 7) is 0.453. The van der Waals surface area contributed by atoms with Crippen molar-refractivity contribution in [3.8, 4) is 0 Å². The third-order valence-corrected chi connectivity index (χ3v) is 3.37. The maximum atomic E-state index is 11.8. The van der Waals surface area contributed by atoms with Crippen LogP contribution in [0.5, 0.6) is 0 Å². The lowest BCUT2D eigenvalue weighted by atomic mass is 10.1. The molecule has 0 saturated carbocycles. The van der Waals surface area contributed by atoms with Crippen molar-refractivity contribution in [3.05, 3.63) is 54.1 Å². The minimum absolute atomic E-state index is 0.326. The Balaban J connectivity index is 1.71. The first-order valence-electron chi connectivity index (χ1n) is 6.83. The van der Waals surface area contributed by atoms with Crippen LogP contribution in [0.1, 0.15) is 17.8 Å². The summed E-state index contributed by atoms with van der Waals surface area (Å²) in [5, 5.41) is 11.8. The van der Waals surface area contributed by atoms with Crippen LogP contribution < -0.4 is 10.2 Å². The van der Waals surface area contributed by atoms with Gasteiger partial charge in [0.25, 0.3) is 0 Å². The first-order valence-corrected chi connectivity index (χ1v) is 6.83. The Morgan fingerprint density at radius 1 is 1.24 bits per heavy atom. The largest absolute Gasteiger partial charge is 0.374 e. The zero-order chi connectivity index (χ0) is 14.7. The minimum Gasteiger partial charge on any atom is -0.374 e. The second-order valence-electron chi connectivity index (χ2n) is 4.93. The molecule has 2 N–H and O–H groups in total. The molecule has 3 rings (SSSR count). The molecule has 21 heavy (non-hydrogen) atoms. The molecule has 1 aromatic heterocycles. The zero-order valence-corrected chi connectivity index (χ0v) is 11.4. The van der Waals surface area contributed by atoms with E-state index in [1.54, 1.807) is 12.4 Å². The summed E-state index contributed by atoms with van der Waals surface area (Å²) >= 11 is 0. The van der Waals surface area contributed by atoms with Crippen molar-refractivity contribution in [2.45, 2.75) is 19.1 Å². The first-order chi connectivity index (χ1) is 10.2. The minimum atomic E-state index is -0.771. The fourth-order valence-electron chi connectivity index (χ4n) is 2.25. The zero-order valence-electron chi connectivity index (χ0n) is 11.4.